The molecule has 2 heterocycles. The number of rotatable bonds is 10. The van der Waals surface area contributed by atoms with Crippen molar-refractivity contribution >= 4 is 98.2 Å². The highest BCUT2D eigenvalue weighted by Crippen LogP contribution is 2.58. The van der Waals surface area contributed by atoms with Gasteiger partial charge in [-0.15, -0.1) is 11.3 Å². The summed E-state index contributed by atoms with van der Waals surface area (Å²) in [6, 6.07) is 115. The molecule has 4 heteroatoms. The molecule has 0 saturated heterocycles. The minimum Gasteiger partial charge on any atom is -0.310 e. The summed E-state index contributed by atoms with van der Waals surface area (Å²) in [5.74, 6) is 0. The van der Waals surface area contributed by atoms with E-state index in [2.05, 4.69) is 324 Å². The molecule has 3 nitrogen and oxygen atoms in total. The van der Waals surface area contributed by atoms with Gasteiger partial charge in [-0.05, 0) is 158 Å². The Morgan fingerprint density at radius 2 is 0.852 bits per heavy atom. The molecule has 0 radical (unpaired) electrons. The van der Waals surface area contributed by atoms with E-state index in [1.54, 1.807) is 0 Å². The van der Waals surface area contributed by atoms with E-state index in [0.29, 0.717) is 0 Å². The second-order valence-electron chi connectivity index (χ2n) is 21.2. The zero-order valence-corrected chi connectivity index (χ0v) is 45.0. The van der Waals surface area contributed by atoms with Crippen LogP contribution in [0.1, 0.15) is 22.3 Å². The second kappa shape index (κ2) is 19.0. The maximum atomic E-state index is 2.48. The lowest BCUT2D eigenvalue weighted by Crippen LogP contribution is -2.28. The summed E-state index contributed by atoms with van der Waals surface area (Å²) in [5, 5.41) is 7.48. The lowest BCUT2D eigenvalue weighted by molar-refractivity contribution is 0.768. The molecule has 0 bridgehead atoms. The van der Waals surface area contributed by atoms with Gasteiger partial charge in [-0.2, -0.15) is 0 Å². The summed E-state index contributed by atoms with van der Waals surface area (Å²) in [6.07, 6.45) is 0. The molecule has 16 rings (SSSR count). The molecule has 380 valence electrons. The first-order valence-electron chi connectivity index (χ1n) is 27.8. The first-order valence-corrected chi connectivity index (χ1v) is 28.6. The Bertz CT molecular complexity index is 4830. The molecule has 0 unspecified atom stereocenters. The molecule has 1 aliphatic carbocycles. The molecule has 81 heavy (non-hydrogen) atoms. The molecule has 0 fully saturated rings. The fraction of sp³-hybridized carbons (Fsp3) is 0.0130. The third-order valence-corrected chi connectivity index (χ3v) is 17.9. The zero-order chi connectivity index (χ0) is 53.4. The van der Waals surface area contributed by atoms with Gasteiger partial charge in [0.05, 0.1) is 16.4 Å². The summed E-state index contributed by atoms with van der Waals surface area (Å²) < 4.78 is 5.01. The lowest BCUT2D eigenvalue weighted by atomic mass is 9.67. The van der Waals surface area contributed by atoms with Gasteiger partial charge in [0.25, 0.3) is 0 Å². The van der Waals surface area contributed by atoms with Gasteiger partial charge in [0, 0.05) is 70.8 Å². The summed E-state index contributed by atoms with van der Waals surface area (Å²) in [5.41, 5.74) is 19.0. The van der Waals surface area contributed by atoms with Crippen LogP contribution in [0.4, 0.5) is 34.1 Å². The number of hydrogen-bond acceptors (Lipinski definition) is 3. The number of aromatic nitrogens is 1. The Labute approximate surface area is 474 Å². The standard InChI is InChI=1S/C77H51N3S/c1-6-23-55(24-7-1)77(56-25-8-2-9-26-56)70-36-20-18-34-65(70)66-43-40-61(51-71(66)77)79(58-29-12-4-13-30-58)63-47-54(46-62(49-63)78(57-27-10-3-11-28-57)60-41-45-75-69(50-60)67-35-19-21-37-74(67)81-75)53-38-42-68-73(48-53)80(59-31-14-5-15-32-59)72-44-39-52-22-16-17-33-64(52)76(68)72/h1-51H. The third-order valence-electron chi connectivity index (χ3n) is 16.8. The van der Waals surface area contributed by atoms with Crippen LogP contribution in [0.15, 0.2) is 309 Å². The second-order valence-corrected chi connectivity index (χ2v) is 22.3. The predicted octanol–water partition coefficient (Wildman–Crippen LogP) is 21.3. The number of fused-ring (bicyclic) bond motifs is 11. The van der Waals surface area contributed by atoms with Crippen molar-refractivity contribution < 1.29 is 0 Å². The first-order chi connectivity index (χ1) is 40.2. The van der Waals surface area contributed by atoms with Crippen LogP contribution in [0.5, 0.6) is 0 Å². The fourth-order valence-corrected chi connectivity index (χ4v) is 14.4. The van der Waals surface area contributed by atoms with Crippen molar-refractivity contribution in [3.8, 4) is 27.9 Å². The number of benzene rings is 13. The highest BCUT2D eigenvalue weighted by Gasteiger charge is 2.46. The van der Waals surface area contributed by atoms with Gasteiger partial charge < -0.3 is 14.4 Å². The van der Waals surface area contributed by atoms with E-state index in [1.165, 1.54) is 80.6 Å². The number of hydrogen-bond donors (Lipinski definition) is 0. The Morgan fingerprint density at radius 3 is 1.56 bits per heavy atom. The quantitative estimate of drug-likeness (QED) is 0.135. The Hall–Kier alpha value is -10.3. The van der Waals surface area contributed by atoms with E-state index in [4.69, 9.17) is 0 Å². The summed E-state index contributed by atoms with van der Waals surface area (Å²) >= 11 is 1.85. The summed E-state index contributed by atoms with van der Waals surface area (Å²) in [4.78, 5) is 4.92. The molecule has 0 spiro atoms. The summed E-state index contributed by atoms with van der Waals surface area (Å²) in [7, 11) is 0. The molecule has 1 aliphatic rings. The van der Waals surface area contributed by atoms with Crippen LogP contribution in [0.2, 0.25) is 0 Å². The number of thiophene rings is 1. The van der Waals surface area contributed by atoms with Crippen molar-refractivity contribution in [1.82, 2.24) is 4.57 Å². The molecule has 0 saturated carbocycles. The van der Waals surface area contributed by atoms with Crippen LogP contribution in [-0.4, -0.2) is 4.57 Å². The van der Waals surface area contributed by atoms with Crippen LogP contribution < -0.4 is 9.80 Å². The molecule has 0 aliphatic heterocycles. The van der Waals surface area contributed by atoms with E-state index >= 15 is 0 Å². The molecule has 0 amide bonds. The minimum absolute atomic E-state index is 0.577. The Kier molecular flexibility index (Phi) is 11.0. The molecule has 13 aromatic carbocycles. The van der Waals surface area contributed by atoms with Crippen molar-refractivity contribution in [2.24, 2.45) is 0 Å². The van der Waals surface area contributed by atoms with Gasteiger partial charge in [0.15, 0.2) is 0 Å². The zero-order valence-electron chi connectivity index (χ0n) is 44.2. The van der Waals surface area contributed by atoms with Crippen LogP contribution >= 0.6 is 11.3 Å². The van der Waals surface area contributed by atoms with Crippen molar-refractivity contribution in [3.05, 3.63) is 332 Å². The van der Waals surface area contributed by atoms with Crippen LogP contribution in [0.3, 0.4) is 0 Å². The topological polar surface area (TPSA) is 11.4 Å². The monoisotopic (exact) mass is 1050 g/mol. The first kappa shape index (κ1) is 46.8. The van der Waals surface area contributed by atoms with Gasteiger partial charge in [0.2, 0.25) is 0 Å². The molecule has 15 aromatic rings. The van der Waals surface area contributed by atoms with Gasteiger partial charge in [-0.3, -0.25) is 0 Å². The van der Waals surface area contributed by atoms with Gasteiger partial charge in [-0.1, -0.05) is 206 Å². The largest absolute Gasteiger partial charge is 0.310 e. The maximum absolute atomic E-state index is 2.48. The normalized spacial score (nSPS) is 12.5. The van der Waals surface area contributed by atoms with Crippen LogP contribution in [-0.2, 0) is 5.41 Å². The number of anilines is 6. The highest BCUT2D eigenvalue weighted by atomic mass is 32.1. The third kappa shape index (κ3) is 7.49. The SMILES string of the molecule is c1ccc(N(c2cc(-c3ccc4c5c6ccccc6ccc5n(-c5ccccc5)c4c3)cc(N(c3ccccc3)c3ccc4sc5ccccc5c4c3)c2)c2ccc3c(c2)C(c2ccccc2)(c2ccccc2)c2ccccc2-3)cc1. The predicted molar refractivity (Wildman–Crippen MR) is 343 cm³/mol. The fourth-order valence-electron chi connectivity index (χ4n) is 13.3. The molecule has 0 N–H and O–H groups in total. The maximum Gasteiger partial charge on any atom is 0.0714 e. The Balaban J connectivity index is 0.978. The Morgan fingerprint density at radius 1 is 0.296 bits per heavy atom. The minimum atomic E-state index is -0.577. The van der Waals surface area contributed by atoms with Crippen LogP contribution in [0.25, 0.3) is 80.7 Å². The smallest absolute Gasteiger partial charge is 0.0714 e. The van der Waals surface area contributed by atoms with Gasteiger partial charge in [-0.25, -0.2) is 0 Å². The molecule has 2 aromatic heterocycles. The molecule has 0 atom stereocenters. The summed E-state index contributed by atoms with van der Waals surface area (Å²) in [6.45, 7) is 0. The highest BCUT2D eigenvalue weighted by molar-refractivity contribution is 7.25. The average Bonchev–Trinajstić information content (AvgIpc) is 3.63. The van der Waals surface area contributed by atoms with Crippen molar-refractivity contribution in [1.29, 1.82) is 0 Å². The van der Waals surface area contributed by atoms with E-state index in [0.717, 1.165) is 56.5 Å². The lowest BCUT2D eigenvalue weighted by Gasteiger charge is -2.35. The van der Waals surface area contributed by atoms with Gasteiger partial charge >= 0.3 is 0 Å². The van der Waals surface area contributed by atoms with Crippen molar-refractivity contribution in [2.45, 2.75) is 5.41 Å². The van der Waals surface area contributed by atoms with Gasteiger partial charge in [0.1, 0.15) is 0 Å². The number of nitrogens with zero attached hydrogens (tertiary/aromatic N) is 3. The van der Waals surface area contributed by atoms with E-state index in [1.807, 2.05) is 11.3 Å². The van der Waals surface area contributed by atoms with E-state index < -0.39 is 5.41 Å². The average molecular weight is 1050 g/mol. The van der Waals surface area contributed by atoms with Crippen molar-refractivity contribution in [2.75, 3.05) is 9.80 Å². The van der Waals surface area contributed by atoms with Crippen LogP contribution in [0, 0.1) is 0 Å². The molecular formula is C77H51N3S. The number of para-hydroxylation sites is 3. The van der Waals surface area contributed by atoms with E-state index in [9.17, 15) is 0 Å². The van der Waals surface area contributed by atoms with E-state index in [-0.39, 0.29) is 0 Å². The van der Waals surface area contributed by atoms with Crippen molar-refractivity contribution in [3.63, 3.8) is 0 Å². The molecular weight excluding hydrogens is 999 g/mol.